The fraction of sp³-hybridized carbons (Fsp3) is 0.400. The summed E-state index contributed by atoms with van der Waals surface area (Å²) in [6.07, 6.45) is 1.17. The van der Waals surface area contributed by atoms with Crippen LogP contribution in [-0.4, -0.2) is 21.9 Å². The summed E-state index contributed by atoms with van der Waals surface area (Å²) in [5, 5.41) is 27.4. The molecule has 0 unspecified atom stereocenters. The molecule has 1 aromatic rings. The van der Waals surface area contributed by atoms with Crippen LogP contribution in [-0.2, 0) is 6.42 Å². The van der Waals surface area contributed by atoms with Gasteiger partial charge in [-0.05, 0) is 43.0 Å². The lowest BCUT2D eigenvalue weighted by Crippen LogP contribution is -1.90. The van der Waals surface area contributed by atoms with E-state index < -0.39 is 0 Å². The van der Waals surface area contributed by atoms with Gasteiger partial charge in [-0.15, -0.1) is 0 Å². The van der Waals surface area contributed by atoms with E-state index in [0.717, 1.165) is 0 Å². The fourth-order valence-electron chi connectivity index (χ4n) is 1.19. The second-order valence-corrected chi connectivity index (χ2v) is 3.09. The van der Waals surface area contributed by atoms with Crippen LogP contribution >= 0.6 is 0 Å². The predicted molar refractivity (Wildman–Crippen MR) is 49.9 cm³/mol. The Bertz CT molecular complexity index is 294. The van der Waals surface area contributed by atoms with Crippen molar-refractivity contribution in [3.8, 4) is 11.5 Å². The van der Waals surface area contributed by atoms with E-state index in [1.165, 1.54) is 6.07 Å². The van der Waals surface area contributed by atoms with Gasteiger partial charge in [-0.3, -0.25) is 0 Å². The van der Waals surface area contributed by atoms with Gasteiger partial charge in [0, 0.05) is 6.61 Å². The summed E-state index contributed by atoms with van der Waals surface area (Å²) in [5.74, 6) is 0.370. The van der Waals surface area contributed by atoms with Gasteiger partial charge < -0.3 is 15.3 Å². The lowest BCUT2D eigenvalue weighted by Gasteiger charge is -2.06. The molecule has 72 valence electrons. The topological polar surface area (TPSA) is 60.7 Å². The molecular weight excluding hydrogens is 168 g/mol. The number of aliphatic hydroxyl groups is 1. The van der Waals surface area contributed by atoms with Crippen LogP contribution in [0.2, 0.25) is 0 Å². The number of phenolic OH excluding ortho intramolecular Hbond substituents is 2. The largest absolute Gasteiger partial charge is 0.508 e. The van der Waals surface area contributed by atoms with E-state index in [-0.39, 0.29) is 18.1 Å². The van der Waals surface area contributed by atoms with E-state index >= 15 is 0 Å². The first-order chi connectivity index (χ1) is 6.15. The van der Waals surface area contributed by atoms with E-state index in [9.17, 15) is 10.2 Å². The Balaban J connectivity index is 2.88. The molecule has 3 heteroatoms. The van der Waals surface area contributed by atoms with Crippen molar-refractivity contribution >= 4 is 0 Å². The van der Waals surface area contributed by atoms with Crippen LogP contribution in [0, 0.1) is 6.92 Å². The van der Waals surface area contributed by atoms with Crippen molar-refractivity contribution < 1.29 is 15.3 Å². The molecule has 0 fully saturated rings. The summed E-state index contributed by atoms with van der Waals surface area (Å²) >= 11 is 0. The summed E-state index contributed by atoms with van der Waals surface area (Å²) in [4.78, 5) is 0. The number of aromatic hydroxyl groups is 2. The molecule has 3 nitrogen and oxygen atoms in total. The molecule has 0 heterocycles. The molecule has 0 spiro atoms. The molecule has 1 rings (SSSR count). The Morgan fingerprint density at radius 3 is 2.46 bits per heavy atom. The number of aryl methyl sites for hydroxylation is 2. The van der Waals surface area contributed by atoms with Gasteiger partial charge in [-0.25, -0.2) is 0 Å². The summed E-state index contributed by atoms with van der Waals surface area (Å²) < 4.78 is 0. The fourth-order valence-corrected chi connectivity index (χ4v) is 1.19. The van der Waals surface area contributed by atoms with Crippen molar-refractivity contribution in [3.05, 3.63) is 23.3 Å². The van der Waals surface area contributed by atoms with E-state index in [1.54, 1.807) is 13.0 Å². The molecule has 0 atom stereocenters. The summed E-state index contributed by atoms with van der Waals surface area (Å²) in [6, 6.07) is 3.07. The number of rotatable bonds is 3. The van der Waals surface area contributed by atoms with Crippen molar-refractivity contribution in [2.45, 2.75) is 19.8 Å². The van der Waals surface area contributed by atoms with Crippen LogP contribution in [0.5, 0.6) is 11.5 Å². The normalized spacial score (nSPS) is 10.3. The minimum atomic E-state index is 0.0913. The molecule has 0 aliphatic heterocycles. The highest BCUT2D eigenvalue weighted by molar-refractivity contribution is 5.44. The second kappa shape index (κ2) is 4.14. The number of phenols is 2. The van der Waals surface area contributed by atoms with Crippen LogP contribution in [0.15, 0.2) is 12.1 Å². The molecule has 0 aliphatic rings. The third-order valence-corrected chi connectivity index (χ3v) is 2.00. The molecule has 0 saturated heterocycles. The minimum absolute atomic E-state index is 0.0913. The van der Waals surface area contributed by atoms with Gasteiger partial charge >= 0.3 is 0 Å². The lowest BCUT2D eigenvalue weighted by atomic mass is 10.1. The van der Waals surface area contributed by atoms with Crippen molar-refractivity contribution in [2.75, 3.05) is 6.61 Å². The molecule has 1 aromatic carbocycles. The Morgan fingerprint density at radius 2 is 1.85 bits per heavy atom. The average molecular weight is 182 g/mol. The maximum absolute atomic E-state index is 9.45. The SMILES string of the molecule is Cc1cc(O)c(CCCO)cc1O. The Kier molecular flexibility index (Phi) is 3.14. The van der Waals surface area contributed by atoms with Crippen LogP contribution in [0.25, 0.3) is 0 Å². The smallest absolute Gasteiger partial charge is 0.119 e. The molecule has 0 radical (unpaired) electrons. The zero-order valence-electron chi connectivity index (χ0n) is 7.62. The van der Waals surface area contributed by atoms with Crippen molar-refractivity contribution in [2.24, 2.45) is 0 Å². The van der Waals surface area contributed by atoms with Gasteiger partial charge in [0.1, 0.15) is 11.5 Å². The van der Waals surface area contributed by atoms with Crippen molar-refractivity contribution in [1.29, 1.82) is 0 Å². The predicted octanol–water partition coefficient (Wildman–Crippen LogP) is 1.33. The third kappa shape index (κ3) is 2.36. The van der Waals surface area contributed by atoms with Gasteiger partial charge in [0.2, 0.25) is 0 Å². The highest BCUT2D eigenvalue weighted by Crippen LogP contribution is 2.27. The number of hydrogen-bond donors (Lipinski definition) is 3. The van der Waals surface area contributed by atoms with E-state index in [2.05, 4.69) is 0 Å². The zero-order valence-corrected chi connectivity index (χ0v) is 7.62. The first-order valence-electron chi connectivity index (χ1n) is 4.27. The van der Waals surface area contributed by atoms with Crippen LogP contribution in [0.3, 0.4) is 0 Å². The number of benzene rings is 1. The first kappa shape index (κ1) is 9.86. The summed E-state index contributed by atoms with van der Waals surface area (Å²) in [6.45, 7) is 1.82. The lowest BCUT2D eigenvalue weighted by molar-refractivity contribution is 0.288. The van der Waals surface area contributed by atoms with Crippen LogP contribution in [0.4, 0.5) is 0 Å². The Morgan fingerprint density at radius 1 is 1.15 bits per heavy atom. The third-order valence-electron chi connectivity index (χ3n) is 2.00. The van der Waals surface area contributed by atoms with E-state index in [0.29, 0.717) is 24.0 Å². The maximum atomic E-state index is 9.45. The van der Waals surface area contributed by atoms with Gasteiger partial charge in [0.25, 0.3) is 0 Å². The van der Waals surface area contributed by atoms with Crippen molar-refractivity contribution in [3.63, 3.8) is 0 Å². The quantitative estimate of drug-likeness (QED) is 0.618. The number of aliphatic hydroxyl groups excluding tert-OH is 1. The van der Waals surface area contributed by atoms with E-state index in [4.69, 9.17) is 5.11 Å². The van der Waals surface area contributed by atoms with E-state index in [1.807, 2.05) is 0 Å². The summed E-state index contributed by atoms with van der Waals surface area (Å²) in [7, 11) is 0. The molecule has 0 aliphatic carbocycles. The molecule has 0 amide bonds. The van der Waals surface area contributed by atoms with Crippen LogP contribution in [0.1, 0.15) is 17.5 Å². The van der Waals surface area contributed by atoms with Crippen LogP contribution < -0.4 is 0 Å². The molecular formula is C10H14O3. The first-order valence-corrected chi connectivity index (χ1v) is 4.27. The summed E-state index contributed by atoms with van der Waals surface area (Å²) in [5.41, 5.74) is 1.34. The van der Waals surface area contributed by atoms with Gasteiger partial charge in [-0.1, -0.05) is 0 Å². The molecule has 0 bridgehead atoms. The molecule has 0 aromatic heterocycles. The minimum Gasteiger partial charge on any atom is -0.508 e. The number of hydrogen-bond acceptors (Lipinski definition) is 3. The maximum Gasteiger partial charge on any atom is 0.119 e. The van der Waals surface area contributed by atoms with Gasteiger partial charge in [-0.2, -0.15) is 0 Å². The molecule has 3 N–H and O–H groups in total. The second-order valence-electron chi connectivity index (χ2n) is 3.09. The average Bonchev–Trinajstić information content (AvgIpc) is 2.09. The molecule has 13 heavy (non-hydrogen) atoms. The zero-order chi connectivity index (χ0) is 9.84. The monoisotopic (exact) mass is 182 g/mol. The standard InChI is InChI=1S/C10H14O3/c1-7-5-10(13)8(3-2-4-11)6-9(7)12/h5-6,11-13H,2-4H2,1H3. The van der Waals surface area contributed by atoms with Gasteiger partial charge in [0.15, 0.2) is 0 Å². The van der Waals surface area contributed by atoms with Crippen molar-refractivity contribution in [1.82, 2.24) is 0 Å². The van der Waals surface area contributed by atoms with Gasteiger partial charge in [0.05, 0.1) is 0 Å². The highest BCUT2D eigenvalue weighted by atomic mass is 16.3. The Labute approximate surface area is 77.3 Å². The molecule has 0 saturated carbocycles. The highest BCUT2D eigenvalue weighted by Gasteiger charge is 2.04. The Hall–Kier alpha value is -1.22.